The molecule has 2 rings (SSSR count). The Balaban J connectivity index is 2.16. The number of anilines is 1. The van der Waals surface area contributed by atoms with E-state index in [1.807, 2.05) is 22.8 Å². The third-order valence-corrected chi connectivity index (χ3v) is 3.06. The van der Waals surface area contributed by atoms with E-state index < -0.39 is 0 Å². The largest absolute Gasteiger partial charge is 0.354 e. The Bertz CT molecular complexity index is 510. The SMILES string of the molecule is CC(=O)c1ccnc(N(C)Cc2cscn2)c1. The van der Waals surface area contributed by atoms with Crippen LogP contribution in [-0.2, 0) is 6.54 Å². The summed E-state index contributed by atoms with van der Waals surface area (Å²) in [5.74, 6) is 0.835. The third kappa shape index (κ3) is 2.88. The van der Waals surface area contributed by atoms with E-state index in [-0.39, 0.29) is 5.78 Å². The van der Waals surface area contributed by atoms with Crippen molar-refractivity contribution in [2.45, 2.75) is 13.5 Å². The zero-order valence-corrected chi connectivity index (χ0v) is 10.6. The van der Waals surface area contributed by atoms with Crippen LogP contribution in [0, 0.1) is 0 Å². The first kappa shape index (κ1) is 11.7. The molecular weight excluding hydrogens is 234 g/mol. The summed E-state index contributed by atoms with van der Waals surface area (Å²) in [5, 5.41) is 2.01. The average molecular weight is 247 g/mol. The minimum atomic E-state index is 0.0516. The number of hydrogen-bond acceptors (Lipinski definition) is 5. The first-order valence-corrected chi connectivity index (χ1v) is 6.16. The summed E-state index contributed by atoms with van der Waals surface area (Å²) in [4.78, 5) is 21.7. The van der Waals surface area contributed by atoms with E-state index in [1.165, 1.54) is 0 Å². The van der Waals surface area contributed by atoms with Gasteiger partial charge in [0.2, 0.25) is 0 Å². The number of pyridine rings is 1. The van der Waals surface area contributed by atoms with E-state index in [0.29, 0.717) is 12.1 Å². The van der Waals surface area contributed by atoms with Gasteiger partial charge in [-0.2, -0.15) is 0 Å². The van der Waals surface area contributed by atoms with Gasteiger partial charge >= 0.3 is 0 Å². The van der Waals surface area contributed by atoms with Crippen LogP contribution < -0.4 is 4.90 Å². The van der Waals surface area contributed by atoms with Crippen LogP contribution in [-0.4, -0.2) is 22.8 Å². The fraction of sp³-hybridized carbons (Fsp3) is 0.250. The van der Waals surface area contributed by atoms with E-state index in [4.69, 9.17) is 0 Å². The van der Waals surface area contributed by atoms with Crippen LogP contribution in [0.15, 0.2) is 29.2 Å². The van der Waals surface area contributed by atoms with Gasteiger partial charge in [-0.05, 0) is 19.1 Å². The Morgan fingerprint density at radius 1 is 1.47 bits per heavy atom. The summed E-state index contributed by atoms with van der Waals surface area (Å²) in [7, 11) is 1.94. The van der Waals surface area contributed by atoms with E-state index in [0.717, 1.165) is 11.5 Å². The van der Waals surface area contributed by atoms with Crippen molar-refractivity contribution in [1.82, 2.24) is 9.97 Å². The van der Waals surface area contributed by atoms with Crippen LogP contribution >= 0.6 is 11.3 Å². The molecule has 2 heterocycles. The number of carbonyl (C=O) groups excluding carboxylic acids is 1. The summed E-state index contributed by atoms with van der Waals surface area (Å²) in [6.07, 6.45) is 1.66. The topological polar surface area (TPSA) is 46.1 Å². The molecule has 4 nitrogen and oxygen atoms in total. The van der Waals surface area contributed by atoms with Crippen molar-refractivity contribution in [2.75, 3.05) is 11.9 Å². The average Bonchev–Trinajstić information content (AvgIpc) is 2.82. The van der Waals surface area contributed by atoms with Gasteiger partial charge in [-0.3, -0.25) is 4.79 Å². The maximum atomic E-state index is 11.3. The zero-order chi connectivity index (χ0) is 12.3. The number of nitrogens with zero attached hydrogens (tertiary/aromatic N) is 3. The van der Waals surface area contributed by atoms with Crippen LogP contribution in [0.2, 0.25) is 0 Å². The summed E-state index contributed by atoms with van der Waals surface area (Å²) in [6, 6.07) is 3.53. The molecule has 0 atom stereocenters. The molecule has 17 heavy (non-hydrogen) atoms. The smallest absolute Gasteiger partial charge is 0.159 e. The molecule has 5 heteroatoms. The Morgan fingerprint density at radius 2 is 2.29 bits per heavy atom. The summed E-state index contributed by atoms with van der Waals surface area (Å²) >= 11 is 1.57. The van der Waals surface area contributed by atoms with Crippen molar-refractivity contribution in [3.8, 4) is 0 Å². The van der Waals surface area contributed by atoms with Crippen molar-refractivity contribution in [1.29, 1.82) is 0 Å². The molecule has 0 amide bonds. The molecule has 2 aromatic rings. The van der Waals surface area contributed by atoms with E-state index in [1.54, 1.807) is 36.6 Å². The number of hydrogen-bond donors (Lipinski definition) is 0. The van der Waals surface area contributed by atoms with E-state index in [2.05, 4.69) is 9.97 Å². The highest BCUT2D eigenvalue weighted by atomic mass is 32.1. The highest BCUT2D eigenvalue weighted by Crippen LogP contribution is 2.14. The lowest BCUT2D eigenvalue weighted by atomic mass is 10.2. The molecule has 0 radical (unpaired) electrons. The molecular formula is C12H13N3OS. The second kappa shape index (κ2) is 5.05. The Hall–Kier alpha value is -1.75. The minimum absolute atomic E-state index is 0.0516. The van der Waals surface area contributed by atoms with Crippen LogP contribution in [0.4, 0.5) is 5.82 Å². The van der Waals surface area contributed by atoms with Gasteiger partial charge < -0.3 is 4.90 Å². The lowest BCUT2D eigenvalue weighted by Crippen LogP contribution is -2.18. The predicted molar refractivity (Wildman–Crippen MR) is 68.5 cm³/mol. The van der Waals surface area contributed by atoms with Gasteiger partial charge in [0.25, 0.3) is 0 Å². The zero-order valence-electron chi connectivity index (χ0n) is 9.75. The molecule has 0 aliphatic heterocycles. The Kier molecular flexibility index (Phi) is 3.49. The van der Waals surface area contributed by atoms with Gasteiger partial charge in [0, 0.05) is 24.2 Å². The number of rotatable bonds is 4. The lowest BCUT2D eigenvalue weighted by molar-refractivity contribution is 0.101. The highest BCUT2D eigenvalue weighted by Gasteiger charge is 2.07. The molecule has 0 aliphatic rings. The fourth-order valence-corrected chi connectivity index (χ4v) is 2.04. The van der Waals surface area contributed by atoms with Crippen molar-refractivity contribution < 1.29 is 4.79 Å². The molecule has 0 unspecified atom stereocenters. The molecule has 0 saturated heterocycles. The Labute approximate surface area is 104 Å². The predicted octanol–water partition coefficient (Wildman–Crippen LogP) is 2.38. The molecule has 0 aromatic carbocycles. The number of ketones is 1. The number of Topliss-reactive ketones (excluding diaryl/α,β-unsaturated/α-hetero) is 1. The van der Waals surface area contributed by atoms with Crippen LogP contribution in [0.25, 0.3) is 0 Å². The fourth-order valence-electron chi connectivity index (χ4n) is 1.49. The van der Waals surface area contributed by atoms with Crippen molar-refractivity contribution >= 4 is 22.9 Å². The molecule has 88 valence electrons. The number of carbonyl (C=O) groups is 1. The van der Waals surface area contributed by atoms with Crippen molar-refractivity contribution in [3.63, 3.8) is 0 Å². The van der Waals surface area contributed by atoms with E-state index >= 15 is 0 Å². The highest BCUT2D eigenvalue weighted by molar-refractivity contribution is 7.07. The van der Waals surface area contributed by atoms with E-state index in [9.17, 15) is 4.79 Å². The normalized spacial score (nSPS) is 10.2. The molecule has 0 N–H and O–H groups in total. The van der Waals surface area contributed by atoms with Gasteiger partial charge in [0.15, 0.2) is 5.78 Å². The summed E-state index contributed by atoms with van der Waals surface area (Å²) < 4.78 is 0. The molecule has 0 bridgehead atoms. The molecule has 2 aromatic heterocycles. The first-order valence-electron chi connectivity index (χ1n) is 5.22. The van der Waals surface area contributed by atoms with Gasteiger partial charge in [-0.25, -0.2) is 9.97 Å². The quantitative estimate of drug-likeness (QED) is 0.778. The maximum absolute atomic E-state index is 11.3. The number of thiazole rings is 1. The van der Waals surface area contributed by atoms with Crippen LogP contribution in [0.1, 0.15) is 23.0 Å². The second-order valence-corrected chi connectivity index (χ2v) is 4.51. The van der Waals surface area contributed by atoms with Crippen molar-refractivity contribution in [3.05, 3.63) is 40.5 Å². The van der Waals surface area contributed by atoms with Gasteiger partial charge in [0.1, 0.15) is 5.82 Å². The minimum Gasteiger partial charge on any atom is -0.354 e. The second-order valence-electron chi connectivity index (χ2n) is 3.79. The van der Waals surface area contributed by atoms with Gasteiger partial charge in [-0.1, -0.05) is 0 Å². The third-order valence-electron chi connectivity index (χ3n) is 2.43. The molecule has 0 fully saturated rings. The maximum Gasteiger partial charge on any atom is 0.159 e. The van der Waals surface area contributed by atoms with Crippen molar-refractivity contribution in [2.24, 2.45) is 0 Å². The summed E-state index contributed by atoms with van der Waals surface area (Å²) in [5.41, 5.74) is 3.50. The van der Waals surface area contributed by atoms with Gasteiger partial charge in [0.05, 0.1) is 17.7 Å². The first-order chi connectivity index (χ1) is 8.16. The van der Waals surface area contributed by atoms with Crippen LogP contribution in [0.3, 0.4) is 0 Å². The van der Waals surface area contributed by atoms with Gasteiger partial charge in [-0.15, -0.1) is 11.3 Å². The molecule has 0 aliphatic carbocycles. The summed E-state index contributed by atoms with van der Waals surface area (Å²) in [6.45, 7) is 2.25. The Morgan fingerprint density at radius 3 is 2.94 bits per heavy atom. The monoisotopic (exact) mass is 247 g/mol. The standard InChI is InChI=1S/C12H13N3OS/c1-9(16)10-3-4-13-12(5-10)15(2)6-11-7-17-8-14-11/h3-5,7-8H,6H2,1-2H3. The molecule has 0 saturated carbocycles. The number of aromatic nitrogens is 2. The van der Waals surface area contributed by atoms with Crippen LogP contribution in [0.5, 0.6) is 0 Å². The lowest BCUT2D eigenvalue weighted by Gasteiger charge is -2.17. The molecule has 0 spiro atoms.